The second-order valence-electron chi connectivity index (χ2n) is 3.82. The highest BCUT2D eigenvalue weighted by Gasteiger charge is 2.02. The molecule has 0 heterocycles. The second kappa shape index (κ2) is 6.68. The Bertz CT molecular complexity index is 509. The minimum Gasteiger partial charge on any atom is -0.193 e. The van der Waals surface area contributed by atoms with Crippen molar-refractivity contribution < 1.29 is 0 Å². The molecule has 0 aliphatic carbocycles. The Hall–Kier alpha value is -1.98. The van der Waals surface area contributed by atoms with Crippen LogP contribution < -0.4 is 0 Å². The van der Waals surface area contributed by atoms with Crippen molar-refractivity contribution in [3.63, 3.8) is 0 Å². The van der Waals surface area contributed by atoms with Crippen LogP contribution in [-0.2, 0) is 6.42 Å². The molecular weight excluding hydrogens is 238 g/mol. The van der Waals surface area contributed by atoms with Crippen LogP contribution in [0.15, 0.2) is 76.5 Å². The van der Waals surface area contributed by atoms with E-state index < -0.39 is 0 Å². The molecule has 2 heteroatoms. The molecule has 2 aromatic rings. The predicted octanol–water partition coefficient (Wildman–Crippen LogP) is 4.43. The third-order valence-electron chi connectivity index (χ3n) is 2.44. The second-order valence-corrected chi connectivity index (χ2v) is 5.02. The van der Waals surface area contributed by atoms with E-state index in [0.29, 0.717) is 0 Å². The molecule has 18 heavy (non-hydrogen) atoms. The number of allylic oxidation sites excluding steroid dienone is 2. The number of nitrogens with zero attached hydrogens (tertiary/aromatic N) is 1. The third kappa shape index (κ3) is 3.80. The zero-order valence-electron chi connectivity index (χ0n) is 9.91. The Morgan fingerprint density at radius 1 is 1.00 bits per heavy atom. The van der Waals surface area contributed by atoms with Gasteiger partial charge in [0.15, 0.2) is 0 Å². The SMILES string of the molecule is N#C/C=C(/Cc1ccccc1)Sc1ccccc1. The largest absolute Gasteiger partial charge is 0.193 e. The summed E-state index contributed by atoms with van der Waals surface area (Å²) >= 11 is 1.65. The van der Waals surface area contributed by atoms with Crippen LogP contribution in [0.5, 0.6) is 0 Å². The third-order valence-corrected chi connectivity index (χ3v) is 3.47. The Morgan fingerprint density at radius 2 is 1.61 bits per heavy atom. The maximum Gasteiger partial charge on any atom is 0.0920 e. The molecule has 0 unspecified atom stereocenters. The van der Waals surface area contributed by atoms with E-state index >= 15 is 0 Å². The van der Waals surface area contributed by atoms with Gasteiger partial charge in [-0.05, 0) is 17.7 Å². The van der Waals surface area contributed by atoms with Crippen LogP contribution in [0.3, 0.4) is 0 Å². The Balaban J connectivity index is 2.11. The van der Waals surface area contributed by atoms with Crippen LogP contribution >= 0.6 is 11.8 Å². The molecule has 0 aromatic heterocycles. The standard InChI is InChI=1S/C16H13NS/c17-12-11-16(13-14-7-3-1-4-8-14)18-15-9-5-2-6-10-15/h1-11H,13H2/b16-11-. The number of hydrogen-bond donors (Lipinski definition) is 0. The van der Waals surface area contributed by atoms with Gasteiger partial charge in [-0.1, -0.05) is 60.3 Å². The van der Waals surface area contributed by atoms with Gasteiger partial charge >= 0.3 is 0 Å². The van der Waals surface area contributed by atoms with Gasteiger partial charge < -0.3 is 0 Å². The molecule has 1 nitrogen and oxygen atoms in total. The van der Waals surface area contributed by atoms with Crippen LogP contribution in [0.25, 0.3) is 0 Å². The van der Waals surface area contributed by atoms with E-state index in [4.69, 9.17) is 5.26 Å². The molecule has 2 rings (SSSR count). The lowest BCUT2D eigenvalue weighted by atomic mass is 10.1. The predicted molar refractivity (Wildman–Crippen MR) is 76.1 cm³/mol. The van der Waals surface area contributed by atoms with Gasteiger partial charge in [-0.2, -0.15) is 5.26 Å². The van der Waals surface area contributed by atoms with Crippen molar-refractivity contribution in [3.05, 3.63) is 77.2 Å². The van der Waals surface area contributed by atoms with Crippen molar-refractivity contribution in [2.75, 3.05) is 0 Å². The molecule has 0 bridgehead atoms. The van der Waals surface area contributed by atoms with E-state index in [1.807, 2.05) is 36.4 Å². The fourth-order valence-electron chi connectivity index (χ4n) is 1.63. The molecule has 0 saturated carbocycles. The molecule has 0 fully saturated rings. The molecule has 0 aliphatic rings. The summed E-state index contributed by atoms with van der Waals surface area (Å²) in [6, 6.07) is 22.5. The number of benzene rings is 2. The maximum atomic E-state index is 8.85. The van der Waals surface area contributed by atoms with E-state index in [9.17, 15) is 0 Å². The van der Waals surface area contributed by atoms with Gasteiger partial charge in [0.2, 0.25) is 0 Å². The lowest BCUT2D eigenvalue weighted by molar-refractivity contribution is 1.24. The summed E-state index contributed by atoms with van der Waals surface area (Å²) in [5.74, 6) is 0. The summed E-state index contributed by atoms with van der Waals surface area (Å²) in [4.78, 5) is 2.23. The summed E-state index contributed by atoms with van der Waals surface area (Å²) in [5, 5.41) is 8.85. The van der Waals surface area contributed by atoms with Crippen molar-refractivity contribution in [3.8, 4) is 6.07 Å². The van der Waals surface area contributed by atoms with Crippen molar-refractivity contribution in [2.45, 2.75) is 11.3 Å². The summed E-state index contributed by atoms with van der Waals surface area (Å²) in [5.41, 5.74) is 1.22. The Kier molecular flexibility index (Phi) is 4.63. The Morgan fingerprint density at radius 3 is 2.22 bits per heavy atom. The van der Waals surface area contributed by atoms with Crippen LogP contribution in [0.1, 0.15) is 5.56 Å². The fourth-order valence-corrected chi connectivity index (χ4v) is 2.57. The molecule has 0 radical (unpaired) electrons. The van der Waals surface area contributed by atoms with Gasteiger partial charge in [0, 0.05) is 22.3 Å². The van der Waals surface area contributed by atoms with E-state index in [1.54, 1.807) is 17.8 Å². The molecule has 0 aliphatic heterocycles. The smallest absolute Gasteiger partial charge is 0.0920 e. The zero-order valence-corrected chi connectivity index (χ0v) is 10.7. The highest BCUT2D eigenvalue weighted by atomic mass is 32.2. The van der Waals surface area contributed by atoms with E-state index in [2.05, 4.69) is 30.3 Å². The number of hydrogen-bond acceptors (Lipinski definition) is 2. The lowest BCUT2D eigenvalue weighted by Gasteiger charge is -2.06. The highest BCUT2D eigenvalue weighted by molar-refractivity contribution is 8.03. The monoisotopic (exact) mass is 251 g/mol. The van der Waals surface area contributed by atoms with Crippen LogP contribution in [-0.4, -0.2) is 0 Å². The summed E-state index contributed by atoms with van der Waals surface area (Å²) < 4.78 is 0. The number of nitriles is 1. The first-order valence-electron chi connectivity index (χ1n) is 5.74. The summed E-state index contributed by atoms with van der Waals surface area (Å²) in [6.45, 7) is 0. The minimum absolute atomic E-state index is 0.800. The van der Waals surface area contributed by atoms with E-state index in [0.717, 1.165) is 16.2 Å². The van der Waals surface area contributed by atoms with Crippen molar-refractivity contribution in [1.82, 2.24) is 0 Å². The number of rotatable bonds is 4. The highest BCUT2D eigenvalue weighted by Crippen LogP contribution is 2.28. The molecule has 0 amide bonds. The summed E-state index contributed by atoms with van der Waals surface area (Å²) in [6.07, 6.45) is 2.43. The van der Waals surface area contributed by atoms with Gasteiger partial charge in [0.25, 0.3) is 0 Å². The summed E-state index contributed by atoms with van der Waals surface area (Å²) in [7, 11) is 0. The molecule has 88 valence electrons. The minimum atomic E-state index is 0.800. The Labute approximate surface area is 112 Å². The van der Waals surface area contributed by atoms with Crippen LogP contribution in [0.4, 0.5) is 0 Å². The average Bonchev–Trinajstić information content (AvgIpc) is 2.41. The molecule has 0 N–H and O–H groups in total. The molecule has 0 saturated heterocycles. The normalized spacial score (nSPS) is 10.9. The van der Waals surface area contributed by atoms with Gasteiger partial charge in [0.05, 0.1) is 6.07 Å². The fraction of sp³-hybridized carbons (Fsp3) is 0.0625. The first-order chi connectivity index (χ1) is 8.88. The van der Waals surface area contributed by atoms with Crippen LogP contribution in [0.2, 0.25) is 0 Å². The first kappa shape index (κ1) is 12.5. The topological polar surface area (TPSA) is 23.8 Å². The quantitative estimate of drug-likeness (QED) is 0.593. The maximum absolute atomic E-state index is 8.85. The lowest BCUT2D eigenvalue weighted by Crippen LogP contribution is -1.86. The van der Waals surface area contributed by atoms with E-state index in [1.165, 1.54) is 5.56 Å². The van der Waals surface area contributed by atoms with Gasteiger partial charge in [-0.3, -0.25) is 0 Å². The first-order valence-corrected chi connectivity index (χ1v) is 6.55. The van der Waals surface area contributed by atoms with Crippen LogP contribution in [0, 0.1) is 11.3 Å². The molecule has 0 atom stereocenters. The molecular formula is C16H13NS. The van der Waals surface area contributed by atoms with Crippen molar-refractivity contribution >= 4 is 11.8 Å². The van der Waals surface area contributed by atoms with Gasteiger partial charge in [-0.15, -0.1) is 0 Å². The molecule has 2 aromatic carbocycles. The average molecular weight is 251 g/mol. The van der Waals surface area contributed by atoms with Gasteiger partial charge in [-0.25, -0.2) is 0 Å². The van der Waals surface area contributed by atoms with Crippen molar-refractivity contribution in [2.24, 2.45) is 0 Å². The van der Waals surface area contributed by atoms with Gasteiger partial charge in [0.1, 0.15) is 0 Å². The van der Waals surface area contributed by atoms with Crippen molar-refractivity contribution in [1.29, 1.82) is 5.26 Å². The number of thioether (sulfide) groups is 1. The molecule has 0 spiro atoms. The van der Waals surface area contributed by atoms with E-state index in [-0.39, 0.29) is 0 Å². The zero-order chi connectivity index (χ0) is 12.6.